The second kappa shape index (κ2) is 3.61. The van der Waals surface area contributed by atoms with Crippen molar-refractivity contribution in [1.82, 2.24) is 0 Å². The maximum absolute atomic E-state index is 11.5. The molecule has 0 heterocycles. The Bertz CT molecular complexity index is 326. The van der Waals surface area contributed by atoms with Gasteiger partial charge in [0.1, 0.15) is 0 Å². The molecule has 1 fully saturated rings. The van der Waals surface area contributed by atoms with Gasteiger partial charge in [-0.15, -0.1) is 0 Å². The van der Waals surface area contributed by atoms with Crippen LogP contribution in [0.2, 0.25) is 0 Å². The number of carbonyl (C=O) groups is 2. The Balaban J connectivity index is 2.53. The van der Waals surface area contributed by atoms with Gasteiger partial charge in [-0.3, -0.25) is 9.59 Å². The topological polar surface area (TPSA) is 74.6 Å². The predicted molar refractivity (Wildman–Crippen MR) is 57.0 cm³/mol. The van der Waals surface area contributed by atoms with Crippen LogP contribution in [0.1, 0.15) is 38.5 Å². The fourth-order valence-electron chi connectivity index (χ4n) is 3.29. The first-order chi connectivity index (χ1) is 7.55. The average Bonchev–Trinajstić information content (AvgIpc) is 2.28. The van der Waals surface area contributed by atoms with Crippen molar-refractivity contribution >= 4 is 11.9 Å². The van der Waals surface area contributed by atoms with Crippen LogP contribution in [0.3, 0.4) is 0 Å². The summed E-state index contributed by atoms with van der Waals surface area (Å²) in [6.07, 6.45) is 6.95. The molecule has 0 bridgehead atoms. The third-order valence-corrected chi connectivity index (χ3v) is 4.29. The lowest BCUT2D eigenvalue weighted by molar-refractivity contribution is -0.180. The summed E-state index contributed by atoms with van der Waals surface area (Å²) in [6.45, 7) is 0. The van der Waals surface area contributed by atoms with Crippen LogP contribution in [0.15, 0.2) is 12.2 Å². The number of fused-ring (bicyclic) bond motifs is 1. The number of hydrogen-bond acceptors (Lipinski definition) is 2. The molecule has 0 saturated heterocycles. The molecule has 16 heavy (non-hydrogen) atoms. The first kappa shape index (κ1) is 11.2. The zero-order valence-corrected chi connectivity index (χ0v) is 9.11. The second-order valence-corrected chi connectivity index (χ2v) is 4.86. The van der Waals surface area contributed by atoms with E-state index in [9.17, 15) is 19.8 Å². The van der Waals surface area contributed by atoms with Crippen LogP contribution >= 0.6 is 0 Å². The molecule has 4 nitrogen and oxygen atoms in total. The molecule has 0 aromatic heterocycles. The van der Waals surface area contributed by atoms with Crippen LogP contribution in [0.5, 0.6) is 0 Å². The summed E-state index contributed by atoms with van der Waals surface area (Å²) < 4.78 is 0. The summed E-state index contributed by atoms with van der Waals surface area (Å²) in [7, 11) is 0. The Kier molecular flexibility index (Phi) is 2.52. The third kappa shape index (κ3) is 1.22. The number of carboxylic acids is 2. The van der Waals surface area contributed by atoms with Gasteiger partial charge < -0.3 is 10.2 Å². The number of carboxylic acid groups (broad SMARTS) is 2. The van der Waals surface area contributed by atoms with E-state index in [2.05, 4.69) is 0 Å². The molecule has 0 radical (unpaired) electrons. The molecule has 88 valence electrons. The van der Waals surface area contributed by atoms with Crippen molar-refractivity contribution < 1.29 is 19.8 Å². The van der Waals surface area contributed by atoms with Gasteiger partial charge in [-0.25, -0.2) is 0 Å². The SMILES string of the molecule is O=C(O)C12CC=CCC1(C(=O)O)CCCC2. The monoisotopic (exact) mass is 224 g/mol. The molecule has 2 aliphatic rings. The van der Waals surface area contributed by atoms with Gasteiger partial charge >= 0.3 is 11.9 Å². The Morgan fingerprint density at radius 3 is 1.56 bits per heavy atom. The lowest BCUT2D eigenvalue weighted by atomic mass is 9.51. The van der Waals surface area contributed by atoms with Gasteiger partial charge in [-0.2, -0.15) is 0 Å². The molecule has 4 heteroatoms. The highest BCUT2D eigenvalue weighted by atomic mass is 16.4. The summed E-state index contributed by atoms with van der Waals surface area (Å²) in [5.74, 6) is -1.89. The largest absolute Gasteiger partial charge is 0.481 e. The maximum Gasteiger partial charge on any atom is 0.311 e. The summed E-state index contributed by atoms with van der Waals surface area (Å²) in [6, 6.07) is 0. The third-order valence-electron chi connectivity index (χ3n) is 4.29. The van der Waals surface area contributed by atoms with Crippen LogP contribution in [0.4, 0.5) is 0 Å². The number of rotatable bonds is 2. The van der Waals surface area contributed by atoms with Crippen molar-refractivity contribution in [2.24, 2.45) is 10.8 Å². The van der Waals surface area contributed by atoms with Crippen molar-refractivity contribution in [2.75, 3.05) is 0 Å². The van der Waals surface area contributed by atoms with E-state index in [1.807, 2.05) is 12.2 Å². The molecule has 0 aliphatic heterocycles. The minimum Gasteiger partial charge on any atom is -0.481 e. The number of allylic oxidation sites excluding steroid dienone is 2. The standard InChI is InChI=1S/C12H16O4/c13-9(14)11-5-1-2-6-12(11,10(15)16)8-4-3-7-11/h1-2H,3-8H2,(H,13,14)(H,15,16). The molecule has 2 rings (SSSR count). The summed E-state index contributed by atoms with van der Waals surface area (Å²) in [4.78, 5) is 23.0. The molecular formula is C12H16O4. The molecule has 0 aromatic rings. The molecule has 2 atom stereocenters. The molecule has 2 unspecified atom stereocenters. The van der Waals surface area contributed by atoms with Crippen molar-refractivity contribution in [3.05, 3.63) is 12.2 Å². The minimum atomic E-state index is -1.08. The summed E-state index contributed by atoms with van der Waals surface area (Å²) in [5.41, 5.74) is -2.16. The van der Waals surface area contributed by atoms with Crippen molar-refractivity contribution in [2.45, 2.75) is 38.5 Å². The highest BCUT2D eigenvalue weighted by Gasteiger charge is 2.61. The van der Waals surface area contributed by atoms with Crippen LogP contribution in [0, 0.1) is 10.8 Å². The molecule has 2 N–H and O–H groups in total. The van der Waals surface area contributed by atoms with Gasteiger partial charge in [0.2, 0.25) is 0 Å². The fraction of sp³-hybridized carbons (Fsp3) is 0.667. The Morgan fingerprint density at radius 1 is 0.875 bits per heavy atom. The molecule has 0 spiro atoms. The smallest absolute Gasteiger partial charge is 0.311 e. The van der Waals surface area contributed by atoms with E-state index < -0.39 is 22.8 Å². The van der Waals surface area contributed by atoms with Gasteiger partial charge in [0.25, 0.3) is 0 Å². The normalized spacial score (nSPS) is 37.8. The Hall–Kier alpha value is -1.32. The Morgan fingerprint density at radius 2 is 1.25 bits per heavy atom. The zero-order valence-electron chi connectivity index (χ0n) is 9.11. The lowest BCUT2D eigenvalue weighted by Crippen LogP contribution is -2.55. The van der Waals surface area contributed by atoms with E-state index >= 15 is 0 Å². The average molecular weight is 224 g/mol. The van der Waals surface area contributed by atoms with E-state index in [1.54, 1.807) is 0 Å². The second-order valence-electron chi connectivity index (χ2n) is 4.86. The van der Waals surface area contributed by atoms with E-state index in [1.165, 1.54) is 0 Å². The highest BCUT2D eigenvalue weighted by molar-refractivity contribution is 5.87. The molecular weight excluding hydrogens is 208 g/mol. The Labute approximate surface area is 94.0 Å². The van der Waals surface area contributed by atoms with Gasteiger partial charge in [0.15, 0.2) is 0 Å². The molecule has 1 saturated carbocycles. The van der Waals surface area contributed by atoms with Crippen molar-refractivity contribution in [3.8, 4) is 0 Å². The first-order valence-corrected chi connectivity index (χ1v) is 5.67. The van der Waals surface area contributed by atoms with Gasteiger partial charge in [0, 0.05) is 0 Å². The van der Waals surface area contributed by atoms with Gasteiger partial charge in [0.05, 0.1) is 10.8 Å². The van der Waals surface area contributed by atoms with Crippen LogP contribution in [-0.4, -0.2) is 22.2 Å². The maximum atomic E-state index is 11.5. The predicted octanol–water partition coefficient (Wildman–Crippen LogP) is 2.05. The van der Waals surface area contributed by atoms with Crippen LogP contribution in [0.25, 0.3) is 0 Å². The fourth-order valence-corrected chi connectivity index (χ4v) is 3.29. The van der Waals surface area contributed by atoms with Gasteiger partial charge in [-0.1, -0.05) is 25.0 Å². The zero-order chi connectivity index (χ0) is 11.8. The van der Waals surface area contributed by atoms with Gasteiger partial charge in [-0.05, 0) is 25.7 Å². The van der Waals surface area contributed by atoms with Crippen LogP contribution < -0.4 is 0 Å². The van der Waals surface area contributed by atoms with E-state index in [0.29, 0.717) is 25.7 Å². The number of aliphatic carboxylic acids is 2. The molecule has 0 aromatic carbocycles. The van der Waals surface area contributed by atoms with Crippen molar-refractivity contribution in [1.29, 1.82) is 0 Å². The summed E-state index contributed by atoms with van der Waals surface area (Å²) in [5, 5.41) is 18.9. The minimum absolute atomic E-state index is 0.356. The molecule has 2 aliphatic carbocycles. The first-order valence-electron chi connectivity index (χ1n) is 5.67. The van der Waals surface area contributed by atoms with E-state index in [4.69, 9.17) is 0 Å². The summed E-state index contributed by atoms with van der Waals surface area (Å²) >= 11 is 0. The van der Waals surface area contributed by atoms with Crippen molar-refractivity contribution in [3.63, 3.8) is 0 Å². The van der Waals surface area contributed by atoms with Crippen LogP contribution in [-0.2, 0) is 9.59 Å². The highest BCUT2D eigenvalue weighted by Crippen LogP contribution is 2.57. The quantitative estimate of drug-likeness (QED) is 0.704. The van der Waals surface area contributed by atoms with E-state index in [0.717, 1.165) is 12.8 Å². The number of hydrogen-bond donors (Lipinski definition) is 2. The van der Waals surface area contributed by atoms with E-state index in [-0.39, 0.29) is 0 Å². The lowest BCUT2D eigenvalue weighted by Gasteiger charge is -2.49. The molecule has 0 amide bonds.